The molecule has 1 saturated heterocycles. The Morgan fingerprint density at radius 3 is 2.75 bits per heavy atom. The molecule has 1 fully saturated rings. The van der Waals surface area contributed by atoms with Crippen LogP contribution >= 0.6 is 23.1 Å². The summed E-state index contributed by atoms with van der Waals surface area (Å²) >= 11 is 2.93. The highest BCUT2D eigenvalue weighted by Gasteiger charge is 2.34. The number of carbonyl (C=O) groups excluding carboxylic acids is 1. The lowest BCUT2D eigenvalue weighted by Gasteiger charge is -2.28. The highest BCUT2D eigenvalue weighted by molar-refractivity contribution is 8.00. The number of ether oxygens (including phenoxy) is 1. The first-order chi connectivity index (χ1) is 15.4. The van der Waals surface area contributed by atoms with Crippen molar-refractivity contribution in [3.63, 3.8) is 0 Å². The summed E-state index contributed by atoms with van der Waals surface area (Å²) in [4.78, 5) is 24.5. The maximum Gasteiger partial charge on any atom is 0.233 e. The summed E-state index contributed by atoms with van der Waals surface area (Å²) < 4.78 is 29.0. The number of hydrogen-bond acceptors (Lipinski definition) is 8. The number of hydrogen-bond donors (Lipinski definition) is 0. The Balaban J connectivity index is 1.55. The Kier molecular flexibility index (Phi) is 7.14. The minimum absolute atomic E-state index is 0.0208. The zero-order chi connectivity index (χ0) is 22.7. The number of methoxy groups -OCH3 is 1. The highest BCUT2D eigenvalue weighted by Crippen LogP contribution is 2.38. The van der Waals surface area contributed by atoms with Crippen LogP contribution in [0.1, 0.15) is 12.0 Å². The summed E-state index contributed by atoms with van der Waals surface area (Å²) in [5.74, 6) is 0.221. The number of carbonyl (C=O) groups is 1. The summed E-state index contributed by atoms with van der Waals surface area (Å²) in [7, 11) is -1.51. The van der Waals surface area contributed by atoms with Crippen molar-refractivity contribution < 1.29 is 17.9 Å². The molecule has 1 aliphatic heterocycles. The third-order valence-electron chi connectivity index (χ3n) is 5.54. The summed E-state index contributed by atoms with van der Waals surface area (Å²) in [5.41, 5.74) is 3.33. The van der Waals surface area contributed by atoms with E-state index in [4.69, 9.17) is 4.74 Å². The van der Waals surface area contributed by atoms with Crippen LogP contribution in [0, 0.1) is 6.92 Å². The molecule has 10 heteroatoms. The number of aromatic nitrogens is 2. The van der Waals surface area contributed by atoms with Gasteiger partial charge in [0.1, 0.15) is 16.2 Å². The van der Waals surface area contributed by atoms with Crippen LogP contribution < -0.4 is 0 Å². The van der Waals surface area contributed by atoms with Gasteiger partial charge < -0.3 is 9.64 Å². The SMILES string of the molecule is COCCN(C(=O)CSc1ncnc2scc(-c3ccc(C)cc3)c12)[C@@H]1CCS(=O)(=O)C1. The number of rotatable bonds is 8. The van der Waals surface area contributed by atoms with Crippen LogP contribution in [0.15, 0.2) is 41.0 Å². The van der Waals surface area contributed by atoms with Gasteiger partial charge in [-0.1, -0.05) is 41.6 Å². The van der Waals surface area contributed by atoms with Gasteiger partial charge in [-0.25, -0.2) is 18.4 Å². The van der Waals surface area contributed by atoms with E-state index in [9.17, 15) is 13.2 Å². The van der Waals surface area contributed by atoms with Crippen molar-refractivity contribution in [1.29, 1.82) is 0 Å². The van der Waals surface area contributed by atoms with Crippen LogP contribution in [0.25, 0.3) is 21.3 Å². The fraction of sp³-hybridized carbons (Fsp3) is 0.409. The molecule has 1 atom stereocenters. The third-order valence-corrected chi connectivity index (χ3v) is 9.15. The molecule has 170 valence electrons. The van der Waals surface area contributed by atoms with Crippen LogP contribution in [0.3, 0.4) is 0 Å². The topological polar surface area (TPSA) is 89.5 Å². The Bertz CT molecular complexity index is 1210. The third kappa shape index (κ3) is 5.14. The fourth-order valence-corrected chi connectivity index (χ4v) is 7.45. The largest absolute Gasteiger partial charge is 0.383 e. The lowest BCUT2D eigenvalue weighted by atomic mass is 10.1. The predicted octanol–water partition coefficient (Wildman–Crippen LogP) is 3.42. The van der Waals surface area contributed by atoms with E-state index in [1.807, 2.05) is 0 Å². The average molecular weight is 492 g/mol. The lowest BCUT2D eigenvalue weighted by Crippen LogP contribution is -2.44. The average Bonchev–Trinajstić information content (AvgIpc) is 3.36. The molecule has 0 unspecified atom stereocenters. The molecule has 3 heterocycles. The molecule has 2 aromatic heterocycles. The molecule has 1 aliphatic rings. The molecule has 32 heavy (non-hydrogen) atoms. The second-order valence-corrected chi connectivity index (χ2v) is 11.9. The molecule has 1 amide bonds. The van der Waals surface area contributed by atoms with Gasteiger partial charge >= 0.3 is 0 Å². The van der Waals surface area contributed by atoms with E-state index in [1.54, 1.807) is 23.3 Å². The smallest absolute Gasteiger partial charge is 0.233 e. The number of amides is 1. The van der Waals surface area contributed by atoms with Gasteiger partial charge in [0.05, 0.1) is 29.3 Å². The first-order valence-corrected chi connectivity index (χ1v) is 14.0. The summed E-state index contributed by atoms with van der Waals surface area (Å²) in [6.07, 6.45) is 2.00. The molecular weight excluding hydrogens is 466 g/mol. The number of aryl methyl sites for hydroxylation is 1. The zero-order valence-electron chi connectivity index (χ0n) is 18.0. The normalized spacial score (nSPS) is 17.6. The number of fused-ring (bicyclic) bond motifs is 1. The minimum Gasteiger partial charge on any atom is -0.383 e. The van der Waals surface area contributed by atoms with Crippen molar-refractivity contribution in [3.8, 4) is 11.1 Å². The molecule has 0 spiro atoms. The molecule has 0 saturated carbocycles. The van der Waals surface area contributed by atoms with Crippen molar-refractivity contribution in [3.05, 3.63) is 41.5 Å². The molecule has 0 radical (unpaired) electrons. The molecular formula is C22H25N3O4S3. The van der Waals surface area contributed by atoms with Gasteiger partial charge in [-0.05, 0) is 18.9 Å². The van der Waals surface area contributed by atoms with Gasteiger partial charge in [0.15, 0.2) is 9.84 Å². The highest BCUT2D eigenvalue weighted by atomic mass is 32.2. The van der Waals surface area contributed by atoms with Gasteiger partial charge in [-0.3, -0.25) is 4.79 Å². The molecule has 0 bridgehead atoms. The van der Waals surface area contributed by atoms with E-state index in [0.717, 1.165) is 26.4 Å². The van der Waals surface area contributed by atoms with Gasteiger partial charge in [-0.15, -0.1) is 11.3 Å². The molecule has 7 nitrogen and oxygen atoms in total. The van der Waals surface area contributed by atoms with Crippen LogP contribution in [-0.4, -0.2) is 72.8 Å². The number of sulfone groups is 1. The quantitative estimate of drug-likeness (QED) is 0.352. The van der Waals surface area contributed by atoms with Gasteiger partial charge in [-0.2, -0.15) is 0 Å². The maximum absolute atomic E-state index is 13.1. The zero-order valence-corrected chi connectivity index (χ0v) is 20.4. The van der Waals surface area contributed by atoms with Crippen LogP contribution in [0.5, 0.6) is 0 Å². The standard InChI is InChI=1S/C22H25N3O4S3/c1-15-3-5-16(6-4-15)18-11-30-21-20(18)22(24-14-23-21)31-12-19(26)25(8-9-29-2)17-7-10-32(27,28)13-17/h3-6,11,14,17H,7-10,12-13H2,1-2H3/t17-/m1/s1. The maximum atomic E-state index is 13.1. The number of thioether (sulfide) groups is 1. The predicted molar refractivity (Wildman–Crippen MR) is 129 cm³/mol. The Morgan fingerprint density at radius 2 is 2.06 bits per heavy atom. The first kappa shape index (κ1) is 23.2. The van der Waals surface area contributed by atoms with Crippen molar-refractivity contribution >= 4 is 49.1 Å². The van der Waals surface area contributed by atoms with Crippen LogP contribution in [0.4, 0.5) is 0 Å². The van der Waals surface area contributed by atoms with Gasteiger partial charge in [0, 0.05) is 30.6 Å². The van der Waals surface area contributed by atoms with Gasteiger partial charge in [0.2, 0.25) is 5.91 Å². The fourth-order valence-electron chi connectivity index (χ4n) is 3.84. The Labute approximate surface area is 196 Å². The second kappa shape index (κ2) is 9.86. The Morgan fingerprint density at radius 1 is 1.28 bits per heavy atom. The molecule has 1 aromatic carbocycles. The van der Waals surface area contributed by atoms with Crippen molar-refractivity contribution in [2.24, 2.45) is 0 Å². The molecule has 3 aromatic rings. The number of thiophene rings is 1. The molecule has 0 N–H and O–H groups in total. The van der Waals surface area contributed by atoms with E-state index in [0.29, 0.717) is 19.6 Å². The van der Waals surface area contributed by atoms with Crippen molar-refractivity contribution in [2.45, 2.75) is 24.4 Å². The number of benzene rings is 1. The lowest BCUT2D eigenvalue weighted by molar-refractivity contribution is -0.130. The van der Waals surface area contributed by atoms with E-state index in [2.05, 4.69) is 46.5 Å². The molecule has 0 aliphatic carbocycles. The van der Waals surface area contributed by atoms with E-state index < -0.39 is 9.84 Å². The van der Waals surface area contributed by atoms with Crippen LogP contribution in [-0.2, 0) is 19.4 Å². The van der Waals surface area contributed by atoms with E-state index in [-0.39, 0.29) is 29.2 Å². The number of nitrogens with zero attached hydrogens (tertiary/aromatic N) is 3. The minimum atomic E-state index is -3.09. The monoisotopic (exact) mass is 491 g/mol. The summed E-state index contributed by atoms with van der Waals surface area (Å²) in [6.45, 7) is 2.80. The molecule has 4 rings (SSSR count). The van der Waals surface area contributed by atoms with E-state index in [1.165, 1.54) is 23.7 Å². The van der Waals surface area contributed by atoms with Crippen molar-refractivity contribution in [1.82, 2.24) is 14.9 Å². The first-order valence-electron chi connectivity index (χ1n) is 10.3. The van der Waals surface area contributed by atoms with Crippen molar-refractivity contribution in [2.75, 3.05) is 37.5 Å². The summed E-state index contributed by atoms with van der Waals surface area (Å²) in [5, 5.41) is 3.78. The van der Waals surface area contributed by atoms with E-state index >= 15 is 0 Å². The second-order valence-electron chi connectivity index (χ2n) is 7.80. The summed E-state index contributed by atoms with van der Waals surface area (Å²) in [6, 6.07) is 8.01. The van der Waals surface area contributed by atoms with Gasteiger partial charge in [0.25, 0.3) is 0 Å². The Hall–Kier alpha value is -2.01. The van der Waals surface area contributed by atoms with Crippen LogP contribution in [0.2, 0.25) is 0 Å².